The fraction of sp³-hybridized carbons (Fsp3) is 0.316. The summed E-state index contributed by atoms with van der Waals surface area (Å²) >= 11 is 5.83. The molecule has 1 aliphatic rings. The van der Waals surface area contributed by atoms with Gasteiger partial charge in [0, 0.05) is 43.0 Å². The molecule has 3 rings (SSSR count). The molecule has 1 N–H and O–H groups in total. The number of carbonyl (C=O) groups excluding carboxylic acids is 1. The molecule has 1 saturated heterocycles. The molecule has 0 saturated carbocycles. The number of nitro groups is 1. The molecular formula is C19H20ClFN4O4. The highest BCUT2D eigenvalue weighted by molar-refractivity contribution is 6.30. The van der Waals surface area contributed by atoms with Crippen LogP contribution in [0.4, 0.5) is 21.5 Å². The topological polar surface area (TPSA) is 88.0 Å². The minimum atomic E-state index is -0.777. The van der Waals surface area contributed by atoms with Crippen molar-refractivity contribution in [2.24, 2.45) is 0 Å². The zero-order valence-corrected chi connectivity index (χ0v) is 16.5. The summed E-state index contributed by atoms with van der Waals surface area (Å²) in [5.74, 6) is -0.981. The van der Waals surface area contributed by atoms with Gasteiger partial charge in [-0.05, 0) is 24.3 Å². The van der Waals surface area contributed by atoms with E-state index in [9.17, 15) is 19.3 Å². The predicted molar refractivity (Wildman–Crippen MR) is 108 cm³/mol. The van der Waals surface area contributed by atoms with Gasteiger partial charge in [0.05, 0.1) is 24.6 Å². The van der Waals surface area contributed by atoms with Gasteiger partial charge in [-0.2, -0.15) is 0 Å². The third-order valence-corrected chi connectivity index (χ3v) is 4.91. The van der Waals surface area contributed by atoms with Crippen molar-refractivity contribution in [1.82, 2.24) is 4.90 Å². The molecular weight excluding hydrogens is 403 g/mol. The van der Waals surface area contributed by atoms with Gasteiger partial charge in [-0.1, -0.05) is 11.6 Å². The number of benzene rings is 2. The number of hydrogen-bond donors (Lipinski definition) is 1. The Morgan fingerprint density at radius 3 is 2.48 bits per heavy atom. The normalized spacial score (nSPS) is 14.5. The zero-order valence-electron chi connectivity index (χ0n) is 15.7. The monoisotopic (exact) mass is 422 g/mol. The van der Waals surface area contributed by atoms with Gasteiger partial charge >= 0.3 is 0 Å². The van der Waals surface area contributed by atoms with Gasteiger partial charge in [-0.25, -0.2) is 4.39 Å². The second-order valence-corrected chi connectivity index (χ2v) is 6.99. The first kappa shape index (κ1) is 20.8. The number of nitro benzene ring substituents is 1. The molecule has 1 heterocycles. The van der Waals surface area contributed by atoms with Crippen LogP contribution in [0.15, 0.2) is 36.4 Å². The lowest BCUT2D eigenvalue weighted by Crippen LogP contribution is -2.48. The number of piperazine rings is 1. The van der Waals surface area contributed by atoms with E-state index in [1.165, 1.54) is 13.2 Å². The van der Waals surface area contributed by atoms with E-state index in [1.807, 2.05) is 4.90 Å². The number of nitrogens with one attached hydrogen (secondary N) is 1. The van der Waals surface area contributed by atoms with Crippen LogP contribution in [0.2, 0.25) is 5.02 Å². The van der Waals surface area contributed by atoms with Crippen LogP contribution in [0, 0.1) is 15.9 Å². The molecule has 0 aliphatic carbocycles. The molecule has 1 aliphatic heterocycles. The largest absolute Gasteiger partial charge is 0.494 e. The highest BCUT2D eigenvalue weighted by Gasteiger charge is 2.27. The number of ether oxygens (including phenoxy) is 1. The highest BCUT2D eigenvalue weighted by Crippen LogP contribution is 2.35. The maximum atomic E-state index is 13.9. The fourth-order valence-electron chi connectivity index (χ4n) is 3.17. The standard InChI is InChI=1S/C19H20ClFN4O4/c1-29-18-11-16(17(25(27)28)10-15(18)21)24-8-6-23(7-9-24)12-19(26)22-14-4-2-13(20)3-5-14/h2-5,10-11H,6-9,12H2,1H3,(H,22,26). The van der Waals surface area contributed by atoms with Crippen molar-refractivity contribution in [3.8, 4) is 5.75 Å². The lowest BCUT2D eigenvalue weighted by Gasteiger charge is -2.35. The average Bonchev–Trinajstić information content (AvgIpc) is 2.70. The summed E-state index contributed by atoms with van der Waals surface area (Å²) in [5, 5.41) is 14.7. The first-order chi connectivity index (χ1) is 13.9. The van der Waals surface area contributed by atoms with E-state index in [0.29, 0.717) is 42.6 Å². The summed E-state index contributed by atoms with van der Waals surface area (Å²) < 4.78 is 18.8. The van der Waals surface area contributed by atoms with Crippen LogP contribution in [0.1, 0.15) is 0 Å². The van der Waals surface area contributed by atoms with Crippen LogP contribution in [0.3, 0.4) is 0 Å². The van der Waals surface area contributed by atoms with E-state index < -0.39 is 10.7 Å². The Labute approximate surface area is 172 Å². The fourth-order valence-corrected chi connectivity index (χ4v) is 3.30. The second kappa shape index (κ2) is 9.06. The third kappa shape index (κ3) is 5.12. The van der Waals surface area contributed by atoms with Crippen molar-refractivity contribution in [2.45, 2.75) is 0 Å². The van der Waals surface area contributed by atoms with E-state index >= 15 is 0 Å². The zero-order chi connectivity index (χ0) is 21.0. The van der Waals surface area contributed by atoms with Gasteiger partial charge in [-0.3, -0.25) is 19.8 Å². The molecule has 0 spiro atoms. The van der Waals surface area contributed by atoms with E-state index in [0.717, 1.165) is 6.07 Å². The number of hydrogen-bond acceptors (Lipinski definition) is 6. The highest BCUT2D eigenvalue weighted by atomic mass is 35.5. The molecule has 10 heteroatoms. The van der Waals surface area contributed by atoms with Crippen molar-refractivity contribution in [2.75, 3.05) is 50.1 Å². The molecule has 0 aromatic heterocycles. The van der Waals surface area contributed by atoms with Crippen LogP contribution in [0.25, 0.3) is 0 Å². The molecule has 2 aromatic rings. The van der Waals surface area contributed by atoms with Crippen LogP contribution < -0.4 is 15.0 Å². The summed E-state index contributed by atoms with van der Waals surface area (Å²) in [7, 11) is 1.31. The van der Waals surface area contributed by atoms with Gasteiger partial charge in [0.15, 0.2) is 11.6 Å². The van der Waals surface area contributed by atoms with Crippen LogP contribution in [0.5, 0.6) is 5.75 Å². The lowest BCUT2D eigenvalue weighted by molar-refractivity contribution is -0.384. The number of methoxy groups -OCH3 is 1. The quantitative estimate of drug-likeness (QED) is 0.568. The van der Waals surface area contributed by atoms with Crippen molar-refractivity contribution < 1.29 is 18.8 Å². The van der Waals surface area contributed by atoms with Crippen molar-refractivity contribution in [3.63, 3.8) is 0 Å². The Kier molecular flexibility index (Phi) is 6.50. The first-order valence-electron chi connectivity index (χ1n) is 8.92. The van der Waals surface area contributed by atoms with Crippen molar-refractivity contribution in [1.29, 1.82) is 0 Å². The van der Waals surface area contributed by atoms with Crippen LogP contribution in [-0.4, -0.2) is 55.6 Å². The number of amides is 1. The Balaban J connectivity index is 1.61. The SMILES string of the molecule is COc1cc(N2CCN(CC(=O)Nc3ccc(Cl)cc3)CC2)c([N+](=O)[O-])cc1F. The van der Waals surface area contributed by atoms with Crippen molar-refractivity contribution >= 4 is 34.6 Å². The van der Waals surface area contributed by atoms with Gasteiger partial charge < -0.3 is 15.0 Å². The molecule has 0 atom stereocenters. The average molecular weight is 423 g/mol. The number of rotatable bonds is 6. The van der Waals surface area contributed by atoms with Crippen LogP contribution >= 0.6 is 11.6 Å². The summed E-state index contributed by atoms with van der Waals surface area (Å²) in [4.78, 5) is 26.7. The molecule has 1 fully saturated rings. The minimum Gasteiger partial charge on any atom is -0.494 e. The number of anilines is 2. The van der Waals surface area contributed by atoms with Gasteiger partial charge in [0.25, 0.3) is 5.69 Å². The predicted octanol–water partition coefficient (Wildman–Crippen LogP) is 3.16. The molecule has 29 heavy (non-hydrogen) atoms. The van der Waals surface area contributed by atoms with E-state index in [2.05, 4.69) is 5.32 Å². The molecule has 0 radical (unpaired) electrons. The molecule has 8 nitrogen and oxygen atoms in total. The number of nitrogens with zero attached hydrogens (tertiary/aromatic N) is 3. The molecule has 154 valence electrons. The van der Waals surface area contributed by atoms with Crippen molar-refractivity contribution in [3.05, 3.63) is 57.4 Å². The Bertz CT molecular complexity index is 902. The minimum absolute atomic E-state index is 0.0460. The third-order valence-electron chi connectivity index (χ3n) is 4.65. The summed E-state index contributed by atoms with van der Waals surface area (Å²) in [5.41, 5.74) is 0.655. The van der Waals surface area contributed by atoms with Gasteiger partial charge in [-0.15, -0.1) is 0 Å². The first-order valence-corrected chi connectivity index (χ1v) is 9.30. The lowest BCUT2D eigenvalue weighted by atomic mass is 10.2. The van der Waals surface area contributed by atoms with Gasteiger partial charge in [0.2, 0.25) is 5.91 Å². The van der Waals surface area contributed by atoms with Crippen LogP contribution in [-0.2, 0) is 4.79 Å². The summed E-state index contributed by atoms with van der Waals surface area (Å²) in [6, 6.07) is 9.05. The van der Waals surface area contributed by atoms with E-state index in [1.54, 1.807) is 29.2 Å². The molecule has 0 unspecified atom stereocenters. The van der Waals surface area contributed by atoms with Gasteiger partial charge in [0.1, 0.15) is 5.69 Å². The summed E-state index contributed by atoms with van der Waals surface area (Å²) in [6.07, 6.45) is 0. The second-order valence-electron chi connectivity index (χ2n) is 6.55. The maximum Gasteiger partial charge on any atom is 0.295 e. The number of halogens is 2. The molecule has 1 amide bonds. The van der Waals surface area contributed by atoms with E-state index in [-0.39, 0.29) is 23.9 Å². The number of carbonyl (C=O) groups is 1. The molecule has 2 aromatic carbocycles. The smallest absolute Gasteiger partial charge is 0.295 e. The Morgan fingerprint density at radius 2 is 1.90 bits per heavy atom. The Morgan fingerprint density at radius 1 is 1.24 bits per heavy atom. The van der Waals surface area contributed by atoms with E-state index in [4.69, 9.17) is 16.3 Å². The Hall–Kier alpha value is -2.91. The maximum absolute atomic E-state index is 13.9. The molecule has 0 bridgehead atoms. The summed E-state index contributed by atoms with van der Waals surface area (Å²) in [6.45, 7) is 2.19.